The molecule has 1 aliphatic heterocycles. The van der Waals surface area contributed by atoms with Crippen molar-refractivity contribution in [1.82, 2.24) is 4.90 Å². The van der Waals surface area contributed by atoms with Crippen molar-refractivity contribution in [3.63, 3.8) is 0 Å². The molecule has 1 N–H and O–H groups in total. The van der Waals surface area contributed by atoms with Crippen LogP contribution < -0.4 is 14.2 Å². The molecule has 0 bridgehead atoms. The topological polar surface area (TPSA) is 68.2 Å². The fourth-order valence-corrected chi connectivity index (χ4v) is 5.02. The summed E-state index contributed by atoms with van der Waals surface area (Å²) in [7, 11) is 2.89. The van der Waals surface area contributed by atoms with E-state index in [0.717, 1.165) is 11.6 Å². The van der Waals surface area contributed by atoms with Crippen LogP contribution in [0.3, 0.4) is 0 Å². The van der Waals surface area contributed by atoms with Crippen LogP contribution in [-0.4, -0.2) is 42.8 Å². The lowest BCUT2D eigenvalue weighted by atomic mass is 9.94. The molecule has 38 heavy (non-hydrogen) atoms. The Kier molecular flexibility index (Phi) is 8.38. The van der Waals surface area contributed by atoms with Crippen molar-refractivity contribution >= 4 is 17.6 Å². The van der Waals surface area contributed by atoms with Gasteiger partial charge in [-0.3, -0.25) is 9.69 Å². The Morgan fingerprint density at radius 1 is 1.05 bits per heavy atom. The van der Waals surface area contributed by atoms with Crippen LogP contribution in [-0.2, 0) is 17.6 Å². The number of rotatable bonds is 9. The number of hydrogen-bond donors (Lipinski definition) is 1. The molecule has 1 heterocycles. The van der Waals surface area contributed by atoms with E-state index in [9.17, 15) is 23.1 Å². The molecule has 2 atom stereocenters. The highest BCUT2D eigenvalue weighted by molar-refractivity contribution is 6.31. The third kappa shape index (κ3) is 5.84. The zero-order chi connectivity index (χ0) is 27.4. The van der Waals surface area contributed by atoms with Crippen molar-refractivity contribution < 1.29 is 37.3 Å². The minimum absolute atomic E-state index is 0.232. The molecule has 0 amide bonds. The summed E-state index contributed by atoms with van der Waals surface area (Å²) in [6.45, 7) is 0.609. The molecule has 0 radical (unpaired) electrons. The number of likely N-dealkylation sites (tertiary alicyclic amines) is 1. The average Bonchev–Trinajstić information content (AvgIpc) is 3.38. The molecule has 1 saturated heterocycles. The minimum atomic E-state index is -4.68. The standard InChI is InChI=1S/C28H27ClF3NO5/c1-36-23-14-19(15-24(37-2)26(23)38-16-17-7-4-3-5-8-17)25(33-12-6-9-22(33)27(34)35)18-10-11-21(29)20(13-18)28(30,31)32/h3-5,7-8,10-11,13-15,22,25H,6,9,12,16H2,1-2H3,(H,34,35). The number of alkyl halides is 3. The molecular formula is C28H27ClF3NO5. The summed E-state index contributed by atoms with van der Waals surface area (Å²) in [4.78, 5) is 13.8. The van der Waals surface area contributed by atoms with Gasteiger partial charge in [-0.2, -0.15) is 13.2 Å². The van der Waals surface area contributed by atoms with Crippen molar-refractivity contribution in [3.8, 4) is 17.2 Å². The molecule has 202 valence electrons. The second kappa shape index (κ2) is 11.5. The molecule has 1 fully saturated rings. The fourth-order valence-electron chi connectivity index (χ4n) is 4.80. The van der Waals surface area contributed by atoms with E-state index in [1.54, 1.807) is 17.0 Å². The van der Waals surface area contributed by atoms with Gasteiger partial charge in [-0.05, 0) is 53.8 Å². The Balaban J connectivity index is 1.83. The third-order valence-corrected chi connectivity index (χ3v) is 6.88. The summed E-state index contributed by atoms with van der Waals surface area (Å²) >= 11 is 5.89. The number of benzene rings is 3. The highest BCUT2D eigenvalue weighted by Gasteiger charge is 2.39. The first kappa shape index (κ1) is 27.6. The van der Waals surface area contributed by atoms with Crippen molar-refractivity contribution in [1.29, 1.82) is 0 Å². The zero-order valence-electron chi connectivity index (χ0n) is 20.8. The molecule has 10 heteroatoms. The van der Waals surface area contributed by atoms with E-state index >= 15 is 0 Å². The average molecular weight is 550 g/mol. The van der Waals surface area contributed by atoms with E-state index in [1.807, 2.05) is 30.3 Å². The van der Waals surface area contributed by atoms with Crippen LogP contribution >= 0.6 is 11.6 Å². The SMILES string of the molecule is COc1cc(C(c2ccc(Cl)c(C(F)(F)F)c2)N2CCCC2C(=O)O)cc(OC)c1OCc1ccccc1. The molecule has 2 unspecified atom stereocenters. The summed E-state index contributed by atoms with van der Waals surface area (Å²) in [6, 6.07) is 14.7. The molecule has 3 aromatic rings. The molecule has 0 saturated carbocycles. The predicted molar refractivity (Wildman–Crippen MR) is 136 cm³/mol. The summed E-state index contributed by atoms with van der Waals surface area (Å²) < 4.78 is 58.4. The molecule has 6 nitrogen and oxygen atoms in total. The van der Waals surface area contributed by atoms with Crippen LogP contribution in [0.1, 0.15) is 41.1 Å². The lowest BCUT2D eigenvalue weighted by Crippen LogP contribution is -2.39. The summed E-state index contributed by atoms with van der Waals surface area (Å²) in [6.07, 6.45) is -3.73. The molecular weight excluding hydrogens is 523 g/mol. The Labute approximate surface area is 223 Å². The predicted octanol–water partition coefficient (Wildman–Crippen LogP) is 6.59. The van der Waals surface area contributed by atoms with E-state index in [1.165, 1.54) is 26.4 Å². The second-order valence-electron chi connectivity index (χ2n) is 8.90. The third-order valence-electron chi connectivity index (χ3n) is 6.55. The number of nitrogens with zero attached hydrogens (tertiary/aromatic N) is 1. The highest BCUT2D eigenvalue weighted by Crippen LogP contribution is 2.45. The van der Waals surface area contributed by atoms with Gasteiger partial charge in [0, 0.05) is 6.54 Å². The smallest absolute Gasteiger partial charge is 0.417 e. The van der Waals surface area contributed by atoms with E-state index < -0.39 is 34.8 Å². The summed E-state index contributed by atoms with van der Waals surface area (Å²) in [5.41, 5.74) is 0.668. The van der Waals surface area contributed by atoms with Crippen molar-refractivity contribution in [3.05, 3.63) is 87.9 Å². The zero-order valence-corrected chi connectivity index (χ0v) is 21.6. The first-order chi connectivity index (χ1) is 18.1. The van der Waals surface area contributed by atoms with E-state index in [4.69, 9.17) is 25.8 Å². The lowest BCUT2D eigenvalue weighted by Gasteiger charge is -2.33. The Bertz CT molecular complexity index is 1260. The molecule has 0 aliphatic carbocycles. The molecule has 3 aromatic carbocycles. The summed E-state index contributed by atoms with van der Waals surface area (Å²) in [5, 5.41) is 9.43. The van der Waals surface area contributed by atoms with Gasteiger partial charge in [0.15, 0.2) is 11.5 Å². The van der Waals surface area contributed by atoms with Crippen LogP contribution in [0.5, 0.6) is 17.2 Å². The number of aliphatic carboxylic acids is 1. The highest BCUT2D eigenvalue weighted by atomic mass is 35.5. The largest absolute Gasteiger partial charge is 0.493 e. The van der Waals surface area contributed by atoms with Gasteiger partial charge in [0.05, 0.1) is 30.8 Å². The fraction of sp³-hybridized carbons (Fsp3) is 0.321. The Hall–Kier alpha value is -3.43. The van der Waals surface area contributed by atoms with Crippen LogP contribution in [0.25, 0.3) is 0 Å². The number of carboxylic acids is 1. The quantitative estimate of drug-likeness (QED) is 0.325. The first-order valence-electron chi connectivity index (χ1n) is 11.9. The van der Waals surface area contributed by atoms with Gasteiger partial charge < -0.3 is 19.3 Å². The maximum atomic E-state index is 13.7. The number of methoxy groups -OCH3 is 2. The maximum Gasteiger partial charge on any atom is 0.417 e. The van der Waals surface area contributed by atoms with E-state index in [0.29, 0.717) is 42.2 Å². The van der Waals surface area contributed by atoms with Crippen LogP contribution in [0.4, 0.5) is 13.2 Å². The van der Waals surface area contributed by atoms with E-state index in [-0.39, 0.29) is 12.2 Å². The van der Waals surface area contributed by atoms with Gasteiger partial charge in [0.2, 0.25) is 5.75 Å². The first-order valence-corrected chi connectivity index (χ1v) is 12.3. The van der Waals surface area contributed by atoms with Crippen LogP contribution in [0, 0.1) is 0 Å². The van der Waals surface area contributed by atoms with Crippen molar-refractivity contribution in [2.24, 2.45) is 0 Å². The minimum Gasteiger partial charge on any atom is -0.493 e. The number of carboxylic acid groups (broad SMARTS) is 1. The van der Waals surface area contributed by atoms with Gasteiger partial charge >= 0.3 is 12.1 Å². The second-order valence-corrected chi connectivity index (χ2v) is 9.31. The van der Waals surface area contributed by atoms with Gasteiger partial charge in [-0.1, -0.05) is 48.0 Å². The summed E-state index contributed by atoms with van der Waals surface area (Å²) in [5.74, 6) is -0.114. The monoisotopic (exact) mass is 549 g/mol. The molecule has 0 spiro atoms. The van der Waals surface area contributed by atoms with Crippen molar-refractivity contribution in [2.45, 2.75) is 37.7 Å². The van der Waals surface area contributed by atoms with Crippen LogP contribution in [0.15, 0.2) is 60.7 Å². The molecule has 4 rings (SSSR count). The van der Waals surface area contributed by atoms with Crippen molar-refractivity contribution in [2.75, 3.05) is 20.8 Å². The lowest BCUT2D eigenvalue weighted by molar-refractivity contribution is -0.143. The van der Waals surface area contributed by atoms with E-state index in [2.05, 4.69) is 0 Å². The number of halogens is 4. The Morgan fingerprint density at radius 3 is 2.29 bits per heavy atom. The molecule has 0 aromatic heterocycles. The molecule has 1 aliphatic rings. The Morgan fingerprint density at radius 2 is 1.71 bits per heavy atom. The number of ether oxygens (including phenoxy) is 3. The maximum absolute atomic E-state index is 13.7. The van der Waals surface area contributed by atoms with Gasteiger partial charge in [0.1, 0.15) is 12.6 Å². The van der Waals surface area contributed by atoms with Gasteiger partial charge in [-0.25, -0.2) is 0 Å². The normalized spacial score (nSPS) is 16.7. The number of hydrogen-bond acceptors (Lipinski definition) is 5. The van der Waals surface area contributed by atoms with Crippen LogP contribution in [0.2, 0.25) is 5.02 Å². The van der Waals surface area contributed by atoms with Gasteiger partial charge in [-0.15, -0.1) is 0 Å². The number of carbonyl (C=O) groups is 1. The van der Waals surface area contributed by atoms with Gasteiger partial charge in [0.25, 0.3) is 0 Å².